The number of ether oxygens (including phenoxy) is 1. The number of alkyl halides is 2. The van der Waals surface area contributed by atoms with Crippen LogP contribution in [0.2, 0.25) is 0 Å². The van der Waals surface area contributed by atoms with Crippen LogP contribution in [0.4, 0.5) is 8.78 Å². The summed E-state index contributed by atoms with van der Waals surface area (Å²) in [7, 11) is 0. The monoisotopic (exact) mass is 399 g/mol. The molecule has 0 saturated heterocycles. The molecule has 1 aromatic carbocycles. The largest absolute Gasteiger partial charge is 0.491 e. The van der Waals surface area contributed by atoms with Gasteiger partial charge in [-0.1, -0.05) is 24.3 Å². The zero-order chi connectivity index (χ0) is 20.0. The summed E-state index contributed by atoms with van der Waals surface area (Å²) >= 11 is 0. The molecule has 2 aliphatic rings. The van der Waals surface area contributed by atoms with Crippen molar-refractivity contribution < 1.29 is 23.1 Å². The van der Waals surface area contributed by atoms with Crippen molar-refractivity contribution in [2.75, 3.05) is 0 Å². The third-order valence-corrected chi connectivity index (χ3v) is 5.73. The second-order valence-corrected chi connectivity index (χ2v) is 7.83. The van der Waals surface area contributed by atoms with Crippen molar-refractivity contribution in [2.45, 2.75) is 49.5 Å². The topological polar surface area (TPSA) is 81.3 Å². The van der Waals surface area contributed by atoms with Gasteiger partial charge >= 0.3 is 0 Å². The molecule has 0 radical (unpaired) electrons. The summed E-state index contributed by atoms with van der Waals surface area (Å²) < 4.78 is 36.9. The molecular formula is C21H19F2N3O3. The number of aromatic nitrogens is 3. The quantitative estimate of drug-likeness (QED) is 0.671. The van der Waals surface area contributed by atoms with E-state index in [-0.39, 0.29) is 30.7 Å². The maximum absolute atomic E-state index is 13.0. The molecule has 1 N–H and O–H groups in total. The average molecular weight is 399 g/mol. The van der Waals surface area contributed by atoms with Gasteiger partial charge in [0.15, 0.2) is 5.76 Å². The van der Waals surface area contributed by atoms with Crippen LogP contribution in [0.1, 0.15) is 48.6 Å². The van der Waals surface area contributed by atoms with Crippen LogP contribution < -0.4 is 4.74 Å². The number of benzene rings is 1. The van der Waals surface area contributed by atoms with Crippen LogP contribution in [-0.2, 0) is 0 Å². The molecule has 0 aliphatic heterocycles. The maximum Gasteiger partial charge on any atom is 0.252 e. The second kappa shape index (κ2) is 6.79. The fraction of sp³-hybridized carbons (Fsp3) is 0.381. The smallest absolute Gasteiger partial charge is 0.252 e. The van der Waals surface area contributed by atoms with Gasteiger partial charge in [-0.2, -0.15) is 0 Å². The van der Waals surface area contributed by atoms with E-state index in [1.165, 1.54) is 24.0 Å². The molecule has 5 rings (SSSR count). The minimum Gasteiger partial charge on any atom is -0.491 e. The second-order valence-electron chi connectivity index (χ2n) is 7.83. The van der Waals surface area contributed by atoms with E-state index in [4.69, 9.17) is 9.26 Å². The van der Waals surface area contributed by atoms with Crippen LogP contribution in [-0.4, -0.2) is 32.3 Å². The van der Waals surface area contributed by atoms with Crippen molar-refractivity contribution in [1.29, 1.82) is 0 Å². The molecular weight excluding hydrogens is 380 g/mol. The predicted octanol–water partition coefficient (Wildman–Crippen LogP) is 4.67. The lowest BCUT2D eigenvalue weighted by Gasteiger charge is -2.37. The molecule has 0 unspecified atom stereocenters. The third-order valence-electron chi connectivity index (χ3n) is 5.73. The summed E-state index contributed by atoms with van der Waals surface area (Å²) in [5.41, 5.74) is 2.68. The highest BCUT2D eigenvalue weighted by molar-refractivity contribution is 5.51. The van der Waals surface area contributed by atoms with E-state index < -0.39 is 5.92 Å². The first kappa shape index (κ1) is 18.0. The molecule has 8 heteroatoms. The fourth-order valence-electron chi connectivity index (χ4n) is 3.93. The number of hydrogen-bond donors (Lipinski definition) is 1. The molecule has 2 aliphatic carbocycles. The Morgan fingerprint density at radius 3 is 2.24 bits per heavy atom. The SMILES string of the molecule is Oc1cc(-c2cnc(O[C@H]3C[C@@H](c4ccc(C5CC(F)(F)C5)cc4)C3)cn2)on1. The molecule has 0 spiro atoms. The zero-order valence-electron chi connectivity index (χ0n) is 15.5. The van der Waals surface area contributed by atoms with E-state index in [1.807, 2.05) is 24.3 Å². The van der Waals surface area contributed by atoms with Gasteiger partial charge in [-0.15, -0.1) is 0 Å². The minimum atomic E-state index is -2.49. The summed E-state index contributed by atoms with van der Waals surface area (Å²) in [6.07, 6.45) is 4.77. The third kappa shape index (κ3) is 3.66. The van der Waals surface area contributed by atoms with E-state index in [1.54, 1.807) is 0 Å². The standard InChI is InChI=1S/C21H19F2N3O3/c22-21(23)8-15(9-21)13-3-1-12(2-4-13)14-5-16(6-14)28-20-11-24-17(10-25-20)18-7-19(27)26-29-18/h1-4,7,10-11,14-16H,5-6,8-9H2,(H,26,27)/t14-,16+. The van der Waals surface area contributed by atoms with Gasteiger partial charge < -0.3 is 14.4 Å². The molecule has 150 valence electrons. The number of halogens is 2. The van der Waals surface area contributed by atoms with Crippen LogP contribution in [0.5, 0.6) is 11.8 Å². The van der Waals surface area contributed by atoms with Gasteiger partial charge in [0.2, 0.25) is 11.8 Å². The highest BCUT2D eigenvalue weighted by atomic mass is 19.3. The van der Waals surface area contributed by atoms with E-state index in [0.717, 1.165) is 18.4 Å². The number of hydrogen-bond acceptors (Lipinski definition) is 6. The van der Waals surface area contributed by atoms with Crippen LogP contribution >= 0.6 is 0 Å². The zero-order valence-corrected chi connectivity index (χ0v) is 15.5. The first-order chi connectivity index (χ1) is 13.9. The summed E-state index contributed by atoms with van der Waals surface area (Å²) in [5.74, 6) is -1.54. The Morgan fingerprint density at radius 1 is 1.00 bits per heavy atom. The number of nitrogens with zero attached hydrogens (tertiary/aromatic N) is 3. The van der Waals surface area contributed by atoms with Gasteiger partial charge in [0, 0.05) is 12.8 Å². The van der Waals surface area contributed by atoms with Crippen LogP contribution in [0.15, 0.2) is 47.2 Å². The molecule has 2 fully saturated rings. The molecule has 0 amide bonds. The highest BCUT2D eigenvalue weighted by Gasteiger charge is 2.45. The Kier molecular flexibility index (Phi) is 4.22. The fourth-order valence-corrected chi connectivity index (χ4v) is 3.93. The summed E-state index contributed by atoms with van der Waals surface area (Å²) in [5, 5.41) is 12.6. The predicted molar refractivity (Wildman–Crippen MR) is 98.9 cm³/mol. The Labute approximate surface area is 165 Å². The first-order valence-electron chi connectivity index (χ1n) is 9.58. The van der Waals surface area contributed by atoms with Crippen LogP contribution in [0, 0.1) is 0 Å². The molecule has 29 heavy (non-hydrogen) atoms. The highest BCUT2D eigenvalue weighted by Crippen LogP contribution is 2.48. The Balaban J connectivity index is 1.13. The van der Waals surface area contributed by atoms with Gasteiger partial charge in [-0.3, -0.25) is 0 Å². The Hall–Kier alpha value is -3.03. The van der Waals surface area contributed by atoms with Gasteiger partial charge in [0.1, 0.15) is 11.8 Å². The summed E-state index contributed by atoms with van der Waals surface area (Å²) in [6.45, 7) is 0. The summed E-state index contributed by atoms with van der Waals surface area (Å²) in [6, 6.07) is 9.43. The van der Waals surface area contributed by atoms with Gasteiger partial charge in [0.05, 0.1) is 18.5 Å². The van der Waals surface area contributed by atoms with Crippen molar-refractivity contribution >= 4 is 0 Å². The van der Waals surface area contributed by atoms with E-state index in [2.05, 4.69) is 15.1 Å². The molecule has 0 atom stereocenters. The van der Waals surface area contributed by atoms with Crippen molar-refractivity contribution in [2.24, 2.45) is 0 Å². The molecule has 6 nitrogen and oxygen atoms in total. The van der Waals surface area contributed by atoms with E-state index in [9.17, 15) is 13.9 Å². The Bertz CT molecular complexity index is 991. The molecule has 3 aromatic rings. The van der Waals surface area contributed by atoms with E-state index in [0.29, 0.717) is 23.3 Å². The maximum atomic E-state index is 13.0. The molecule has 2 heterocycles. The number of aromatic hydroxyl groups is 1. The lowest BCUT2D eigenvalue weighted by atomic mass is 9.74. The van der Waals surface area contributed by atoms with Crippen LogP contribution in [0.3, 0.4) is 0 Å². The molecule has 0 bridgehead atoms. The summed E-state index contributed by atoms with van der Waals surface area (Å²) in [4.78, 5) is 8.44. The van der Waals surface area contributed by atoms with Crippen molar-refractivity contribution in [3.8, 4) is 23.2 Å². The lowest BCUT2D eigenvalue weighted by molar-refractivity contribution is -0.0867. The average Bonchev–Trinajstić information content (AvgIpc) is 3.09. The molecule has 2 saturated carbocycles. The molecule has 2 aromatic heterocycles. The van der Waals surface area contributed by atoms with Crippen LogP contribution in [0.25, 0.3) is 11.5 Å². The first-order valence-corrected chi connectivity index (χ1v) is 9.58. The Morgan fingerprint density at radius 2 is 1.69 bits per heavy atom. The van der Waals surface area contributed by atoms with Crippen molar-refractivity contribution in [3.63, 3.8) is 0 Å². The van der Waals surface area contributed by atoms with Gasteiger partial charge in [-0.05, 0) is 41.0 Å². The minimum absolute atomic E-state index is 0.0148. The number of rotatable bonds is 5. The lowest BCUT2D eigenvalue weighted by Crippen LogP contribution is -2.34. The van der Waals surface area contributed by atoms with Gasteiger partial charge in [0.25, 0.3) is 5.88 Å². The van der Waals surface area contributed by atoms with Crippen molar-refractivity contribution in [1.82, 2.24) is 15.1 Å². The van der Waals surface area contributed by atoms with Crippen molar-refractivity contribution in [3.05, 3.63) is 53.9 Å². The van der Waals surface area contributed by atoms with Gasteiger partial charge in [-0.25, -0.2) is 18.7 Å². The van der Waals surface area contributed by atoms with E-state index >= 15 is 0 Å². The normalized spacial score (nSPS) is 23.2.